The Morgan fingerprint density at radius 2 is 2.10 bits per heavy atom. The van der Waals surface area contributed by atoms with Crippen molar-refractivity contribution in [3.63, 3.8) is 0 Å². The summed E-state index contributed by atoms with van der Waals surface area (Å²) >= 11 is 0. The summed E-state index contributed by atoms with van der Waals surface area (Å²) in [5.74, 6) is 0.802. The highest BCUT2D eigenvalue weighted by Crippen LogP contribution is 2.29. The third kappa shape index (κ3) is 4.30. The molecular formula is C18H26N2O. The van der Waals surface area contributed by atoms with Crippen LogP contribution in [-0.4, -0.2) is 12.7 Å². The minimum atomic E-state index is -0.944. The predicted molar refractivity (Wildman–Crippen MR) is 84.5 cm³/mol. The van der Waals surface area contributed by atoms with Crippen molar-refractivity contribution >= 4 is 0 Å². The maximum Gasteiger partial charge on any atom is 0.132 e. The Morgan fingerprint density at radius 3 is 2.76 bits per heavy atom. The van der Waals surface area contributed by atoms with Gasteiger partial charge in [-0.25, -0.2) is 0 Å². The predicted octanol–water partition coefficient (Wildman–Crippen LogP) is 3.74. The van der Waals surface area contributed by atoms with E-state index in [4.69, 9.17) is 10.5 Å². The third-order valence-electron chi connectivity index (χ3n) is 4.65. The zero-order valence-electron chi connectivity index (χ0n) is 12.9. The molecule has 0 aliphatic heterocycles. The molecule has 0 spiro atoms. The van der Waals surface area contributed by atoms with E-state index in [1.165, 1.54) is 19.3 Å². The van der Waals surface area contributed by atoms with Gasteiger partial charge in [-0.05, 0) is 24.3 Å². The molecule has 1 aromatic carbocycles. The summed E-state index contributed by atoms with van der Waals surface area (Å²) in [6.45, 7) is 2.81. The zero-order valence-corrected chi connectivity index (χ0v) is 12.9. The fourth-order valence-corrected chi connectivity index (χ4v) is 3.15. The second kappa shape index (κ2) is 7.59. The number of ether oxygens (including phenoxy) is 1. The van der Waals surface area contributed by atoms with Crippen LogP contribution in [0.2, 0.25) is 0 Å². The van der Waals surface area contributed by atoms with Gasteiger partial charge < -0.3 is 10.5 Å². The van der Waals surface area contributed by atoms with Crippen molar-refractivity contribution in [2.24, 2.45) is 11.7 Å². The van der Waals surface area contributed by atoms with E-state index in [2.05, 4.69) is 13.0 Å². The third-order valence-corrected chi connectivity index (χ3v) is 4.65. The van der Waals surface area contributed by atoms with Crippen molar-refractivity contribution in [1.29, 1.82) is 5.26 Å². The Kier molecular flexibility index (Phi) is 5.78. The van der Waals surface area contributed by atoms with Crippen LogP contribution >= 0.6 is 0 Å². The van der Waals surface area contributed by atoms with Crippen molar-refractivity contribution in [2.45, 2.75) is 57.1 Å². The Labute approximate surface area is 128 Å². The standard InChI is InChI=1S/C18H26N2O/c1-2-15-7-6-10-17(13-15)21-12-11-18(20,14-19)16-8-4-3-5-9-16/h3-5,8-9,15,17H,2,6-7,10-13,20H2,1H3. The molecule has 1 aliphatic carbocycles. The lowest BCUT2D eigenvalue weighted by Crippen LogP contribution is -2.37. The first kappa shape index (κ1) is 16.0. The first-order valence-corrected chi connectivity index (χ1v) is 8.05. The van der Waals surface area contributed by atoms with Crippen LogP contribution in [0.25, 0.3) is 0 Å². The van der Waals surface area contributed by atoms with Gasteiger partial charge in [-0.2, -0.15) is 5.26 Å². The molecule has 3 heteroatoms. The number of hydrogen-bond acceptors (Lipinski definition) is 3. The van der Waals surface area contributed by atoms with E-state index < -0.39 is 5.54 Å². The van der Waals surface area contributed by atoms with Crippen LogP contribution in [0.1, 0.15) is 51.0 Å². The van der Waals surface area contributed by atoms with E-state index >= 15 is 0 Å². The Bertz CT molecular complexity index is 468. The van der Waals surface area contributed by atoms with E-state index in [1.807, 2.05) is 30.3 Å². The minimum Gasteiger partial charge on any atom is -0.378 e. The van der Waals surface area contributed by atoms with Gasteiger partial charge in [-0.3, -0.25) is 0 Å². The molecule has 1 fully saturated rings. The first-order chi connectivity index (χ1) is 10.2. The fourth-order valence-electron chi connectivity index (χ4n) is 3.15. The van der Waals surface area contributed by atoms with Crippen LogP contribution in [0, 0.1) is 17.2 Å². The maximum atomic E-state index is 9.43. The van der Waals surface area contributed by atoms with Gasteiger partial charge in [-0.1, -0.05) is 56.5 Å². The summed E-state index contributed by atoms with van der Waals surface area (Å²) in [6, 6.07) is 11.9. The molecule has 0 aromatic heterocycles. The van der Waals surface area contributed by atoms with Crippen LogP contribution in [0.5, 0.6) is 0 Å². The van der Waals surface area contributed by atoms with Gasteiger partial charge >= 0.3 is 0 Å². The van der Waals surface area contributed by atoms with Gasteiger partial charge in [0.15, 0.2) is 0 Å². The van der Waals surface area contributed by atoms with Gasteiger partial charge in [0, 0.05) is 6.42 Å². The average Bonchev–Trinajstić information content (AvgIpc) is 2.55. The molecule has 1 saturated carbocycles. The van der Waals surface area contributed by atoms with E-state index in [-0.39, 0.29) is 0 Å². The van der Waals surface area contributed by atoms with Gasteiger partial charge in [0.25, 0.3) is 0 Å². The van der Waals surface area contributed by atoms with Crippen LogP contribution in [0.3, 0.4) is 0 Å². The van der Waals surface area contributed by atoms with Gasteiger partial charge in [0.1, 0.15) is 5.54 Å². The highest BCUT2D eigenvalue weighted by atomic mass is 16.5. The van der Waals surface area contributed by atoms with Crippen LogP contribution in [0.15, 0.2) is 30.3 Å². The average molecular weight is 286 g/mol. The van der Waals surface area contributed by atoms with Crippen LogP contribution < -0.4 is 5.73 Å². The number of hydrogen-bond donors (Lipinski definition) is 1. The largest absolute Gasteiger partial charge is 0.378 e. The quantitative estimate of drug-likeness (QED) is 0.866. The summed E-state index contributed by atoms with van der Waals surface area (Å²) in [6.07, 6.45) is 7.02. The summed E-state index contributed by atoms with van der Waals surface area (Å²) in [5, 5.41) is 9.43. The second-order valence-corrected chi connectivity index (χ2v) is 6.13. The van der Waals surface area contributed by atoms with Crippen LogP contribution in [0.4, 0.5) is 0 Å². The summed E-state index contributed by atoms with van der Waals surface area (Å²) in [7, 11) is 0. The van der Waals surface area contributed by atoms with E-state index in [0.717, 1.165) is 24.3 Å². The lowest BCUT2D eigenvalue weighted by Gasteiger charge is -2.29. The lowest BCUT2D eigenvalue weighted by atomic mass is 9.85. The summed E-state index contributed by atoms with van der Waals surface area (Å²) < 4.78 is 6.00. The van der Waals surface area contributed by atoms with Crippen molar-refractivity contribution in [3.05, 3.63) is 35.9 Å². The SMILES string of the molecule is CCC1CCCC(OCCC(N)(C#N)c2ccccc2)C1. The van der Waals surface area contributed by atoms with Crippen molar-refractivity contribution < 1.29 is 4.74 Å². The minimum absolute atomic E-state index is 0.349. The molecule has 2 rings (SSSR count). The topological polar surface area (TPSA) is 59.0 Å². The van der Waals surface area contributed by atoms with E-state index in [1.54, 1.807) is 0 Å². The molecule has 0 saturated heterocycles. The first-order valence-electron chi connectivity index (χ1n) is 8.05. The molecular weight excluding hydrogens is 260 g/mol. The Hall–Kier alpha value is -1.37. The van der Waals surface area contributed by atoms with E-state index in [0.29, 0.717) is 19.1 Å². The molecule has 3 nitrogen and oxygen atoms in total. The normalized spacial score (nSPS) is 25.0. The smallest absolute Gasteiger partial charge is 0.132 e. The highest BCUT2D eigenvalue weighted by molar-refractivity contribution is 5.30. The summed E-state index contributed by atoms with van der Waals surface area (Å²) in [5.41, 5.74) is 6.17. The molecule has 3 atom stereocenters. The molecule has 0 bridgehead atoms. The van der Waals surface area contributed by atoms with E-state index in [9.17, 15) is 5.26 Å². The summed E-state index contributed by atoms with van der Waals surface area (Å²) in [4.78, 5) is 0. The Balaban J connectivity index is 1.85. The molecule has 114 valence electrons. The van der Waals surface area contributed by atoms with Crippen molar-refractivity contribution in [3.8, 4) is 6.07 Å². The zero-order chi connectivity index (χ0) is 15.1. The number of nitrogens with two attached hydrogens (primary N) is 1. The molecule has 2 N–H and O–H groups in total. The lowest BCUT2D eigenvalue weighted by molar-refractivity contribution is 0.00673. The maximum absolute atomic E-state index is 9.43. The van der Waals surface area contributed by atoms with Gasteiger partial charge in [-0.15, -0.1) is 0 Å². The van der Waals surface area contributed by atoms with Gasteiger partial charge in [0.05, 0.1) is 18.8 Å². The molecule has 21 heavy (non-hydrogen) atoms. The number of nitriles is 1. The Morgan fingerprint density at radius 1 is 1.33 bits per heavy atom. The molecule has 3 unspecified atom stereocenters. The molecule has 0 radical (unpaired) electrons. The van der Waals surface area contributed by atoms with Crippen molar-refractivity contribution in [2.75, 3.05) is 6.61 Å². The fraction of sp³-hybridized carbons (Fsp3) is 0.611. The van der Waals surface area contributed by atoms with Crippen LogP contribution in [-0.2, 0) is 10.3 Å². The molecule has 0 heterocycles. The molecule has 1 aliphatic rings. The van der Waals surface area contributed by atoms with Gasteiger partial charge in [0.2, 0.25) is 0 Å². The monoisotopic (exact) mass is 286 g/mol. The van der Waals surface area contributed by atoms with Crippen molar-refractivity contribution in [1.82, 2.24) is 0 Å². The molecule has 0 amide bonds. The highest BCUT2D eigenvalue weighted by Gasteiger charge is 2.28. The molecule has 1 aromatic rings. The number of benzene rings is 1. The number of rotatable bonds is 6. The second-order valence-electron chi connectivity index (χ2n) is 6.13. The number of nitrogens with zero attached hydrogens (tertiary/aromatic N) is 1.